The number of carbonyl (C=O) groups excluding carboxylic acids is 3. The van der Waals surface area contributed by atoms with Crippen molar-refractivity contribution in [2.45, 2.75) is 89.8 Å². The quantitative estimate of drug-likeness (QED) is 0.185. The number of hydrogen-bond donors (Lipinski definition) is 2. The Balaban J connectivity index is 1.70. The van der Waals surface area contributed by atoms with Crippen molar-refractivity contribution in [1.29, 1.82) is 0 Å². The van der Waals surface area contributed by atoms with E-state index in [1.807, 2.05) is 40.0 Å². The predicted molar refractivity (Wildman–Crippen MR) is 167 cm³/mol. The van der Waals surface area contributed by atoms with Crippen LogP contribution in [0.5, 0.6) is 0 Å². The molecule has 0 saturated carbocycles. The van der Waals surface area contributed by atoms with Crippen molar-refractivity contribution in [2.75, 3.05) is 53.1 Å². The Kier molecular flexibility index (Phi) is 13.9. The third kappa shape index (κ3) is 11.1. The molecule has 3 aliphatic heterocycles. The number of rotatable bonds is 7. The summed E-state index contributed by atoms with van der Waals surface area (Å²) in [5.74, 6) is -1.04. The zero-order chi connectivity index (χ0) is 33.1. The summed E-state index contributed by atoms with van der Waals surface area (Å²) in [5.41, 5.74) is -0.750. The fourth-order valence-corrected chi connectivity index (χ4v) is 5.69. The lowest BCUT2D eigenvalue weighted by Gasteiger charge is -2.36. The molecule has 0 bridgehead atoms. The molecule has 0 radical (unpaired) electrons. The number of amides is 2. The molecule has 2 fully saturated rings. The number of aliphatic hydroxyl groups excluding tert-OH is 1. The van der Waals surface area contributed by atoms with Crippen molar-refractivity contribution in [3.63, 3.8) is 0 Å². The Hall–Kier alpha value is -2.96. The number of hydrogen-bond acceptors (Lipinski definition) is 9. The molecule has 45 heavy (non-hydrogen) atoms. The van der Waals surface area contributed by atoms with Crippen molar-refractivity contribution in [1.82, 2.24) is 14.7 Å². The molecule has 3 aliphatic rings. The van der Waals surface area contributed by atoms with E-state index in [1.165, 1.54) is 4.90 Å². The molecule has 0 aromatic rings. The topological polar surface area (TPSA) is 129 Å². The van der Waals surface area contributed by atoms with Crippen LogP contribution in [0.2, 0.25) is 0 Å². The minimum absolute atomic E-state index is 0.107. The van der Waals surface area contributed by atoms with Crippen LogP contribution < -0.4 is 0 Å². The first-order valence-electron chi connectivity index (χ1n) is 16.1. The van der Waals surface area contributed by atoms with E-state index >= 15 is 0 Å². The van der Waals surface area contributed by atoms with Gasteiger partial charge in [0.15, 0.2) is 6.10 Å². The van der Waals surface area contributed by atoms with E-state index in [9.17, 15) is 29.0 Å². The van der Waals surface area contributed by atoms with Gasteiger partial charge < -0.3 is 39.1 Å². The molecule has 0 spiro atoms. The molecule has 12 heteroatoms. The fourth-order valence-electron chi connectivity index (χ4n) is 5.69. The maximum atomic E-state index is 13.1. The van der Waals surface area contributed by atoms with Crippen LogP contribution in [0, 0.1) is 11.8 Å². The summed E-state index contributed by atoms with van der Waals surface area (Å²) < 4.78 is 30.2. The zero-order valence-electron chi connectivity index (χ0n) is 27.4. The van der Waals surface area contributed by atoms with Gasteiger partial charge in [-0.1, -0.05) is 38.2 Å². The largest absolute Gasteiger partial charge is 0.457 e. The zero-order valence-corrected chi connectivity index (χ0v) is 27.4. The maximum Gasteiger partial charge on any atom is 0.410 e. The molecule has 2 amide bonds. The Morgan fingerprint density at radius 3 is 2.58 bits per heavy atom. The van der Waals surface area contributed by atoms with Gasteiger partial charge in [0.05, 0.1) is 25.2 Å². The van der Waals surface area contributed by atoms with E-state index in [0.29, 0.717) is 26.1 Å². The second-order valence-corrected chi connectivity index (χ2v) is 13.0. The van der Waals surface area contributed by atoms with Crippen LogP contribution in [0.15, 0.2) is 36.0 Å². The minimum Gasteiger partial charge on any atom is -0.457 e. The molecule has 2 saturated heterocycles. The minimum atomic E-state index is -1.48. The molecule has 254 valence electrons. The van der Waals surface area contributed by atoms with Gasteiger partial charge >= 0.3 is 18.2 Å². The van der Waals surface area contributed by atoms with Crippen LogP contribution in [-0.4, -0.2) is 126 Å². The number of halogens is 1. The summed E-state index contributed by atoms with van der Waals surface area (Å²) in [7, 11) is 1.99. The standard InChI is InChI=1S/C33H52FN3O8/c1-23(22-43-32(41)37-15-7-10-26(37)21-34)8-6-9-24(2)30-25(3)11-12-28(44-31(40)36-18-16-35(5)17-19-36)33(4,42)14-13-27(38)20-29(39)45-30/h6,8-9,11-12,23,25-28,30,38,42H,7,10,13-22H2,1-5H3/b8-6+,12-11+,24-9+/t23?,25-,26+,27-,28-,30+,33-/m0/s1. The molecule has 0 aromatic heterocycles. The van der Waals surface area contributed by atoms with Gasteiger partial charge in [-0.25, -0.2) is 14.0 Å². The van der Waals surface area contributed by atoms with Crippen LogP contribution in [0.1, 0.15) is 59.8 Å². The smallest absolute Gasteiger partial charge is 0.410 e. The summed E-state index contributed by atoms with van der Waals surface area (Å²) in [6.07, 6.45) is 6.56. The van der Waals surface area contributed by atoms with Gasteiger partial charge in [-0.2, -0.15) is 0 Å². The fraction of sp³-hybridized carbons (Fsp3) is 0.727. The second-order valence-electron chi connectivity index (χ2n) is 13.0. The first-order chi connectivity index (χ1) is 21.3. The third-order valence-electron chi connectivity index (χ3n) is 8.82. The molecule has 7 atom stereocenters. The molecule has 1 unspecified atom stereocenters. The number of piperazine rings is 1. The van der Waals surface area contributed by atoms with Gasteiger partial charge in [0, 0.05) is 44.6 Å². The van der Waals surface area contributed by atoms with E-state index in [-0.39, 0.29) is 37.7 Å². The SMILES string of the molecule is C/C(=C\C=C\C(C)COC(=O)N1CCC[C@@H]1CF)[C@H]1OC(=O)C[C@@H](O)CC[C@](C)(O)[C@@H](OC(=O)N2CCN(C)CC2)/C=C/[C@@H]1C. The molecular weight excluding hydrogens is 585 g/mol. The number of ether oxygens (including phenoxy) is 3. The van der Waals surface area contributed by atoms with Crippen molar-refractivity contribution in [3.8, 4) is 0 Å². The number of likely N-dealkylation sites (tertiary alicyclic amines) is 1. The highest BCUT2D eigenvalue weighted by Crippen LogP contribution is 2.27. The summed E-state index contributed by atoms with van der Waals surface area (Å²) >= 11 is 0. The van der Waals surface area contributed by atoms with Crippen molar-refractivity contribution >= 4 is 18.2 Å². The average Bonchev–Trinajstić information content (AvgIpc) is 3.48. The number of carbonyl (C=O) groups is 3. The third-order valence-corrected chi connectivity index (χ3v) is 8.82. The van der Waals surface area contributed by atoms with Crippen molar-refractivity contribution in [3.05, 3.63) is 36.0 Å². The van der Waals surface area contributed by atoms with Gasteiger partial charge in [0.2, 0.25) is 0 Å². The lowest BCUT2D eigenvalue weighted by atomic mass is 9.89. The molecular formula is C33H52FN3O8. The molecule has 0 aromatic carbocycles. The maximum absolute atomic E-state index is 13.1. The molecule has 3 rings (SSSR count). The number of nitrogens with zero attached hydrogens (tertiary/aromatic N) is 3. The monoisotopic (exact) mass is 637 g/mol. The summed E-state index contributed by atoms with van der Waals surface area (Å²) in [4.78, 5) is 43.3. The number of esters is 1. The summed E-state index contributed by atoms with van der Waals surface area (Å²) in [6, 6.07) is -0.412. The Morgan fingerprint density at radius 2 is 1.89 bits per heavy atom. The van der Waals surface area contributed by atoms with E-state index in [4.69, 9.17) is 14.2 Å². The van der Waals surface area contributed by atoms with Crippen molar-refractivity contribution in [2.24, 2.45) is 11.8 Å². The number of alkyl halides is 1. The van der Waals surface area contributed by atoms with E-state index < -0.39 is 54.8 Å². The van der Waals surface area contributed by atoms with E-state index in [0.717, 1.165) is 25.1 Å². The summed E-state index contributed by atoms with van der Waals surface area (Å²) in [6.45, 7) is 9.71. The van der Waals surface area contributed by atoms with Crippen molar-refractivity contribution < 1.29 is 43.2 Å². The second kappa shape index (κ2) is 17.1. The molecule has 11 nitrogen and oxygen atoms in total. The number of likely N-dealkylation sites (N-methyl/N-ethyl adjacent to an activating group) is 1. The first-order valence-corrected chi connectivity index (χ1v) is 16.1. The van der Waals surface area contributed by atoms with Crippen LogP contribution in [0.25, 0.3) is 0 Å². The lowest BCUT2D eigenvalue weighted by molar-refractivity contribution is -0.151. The van der Waals surface area contributed by atoms with Crippen LogP contribution in [0.3, 0.4) is 0 Å². The van der Waals surface area contributed by atoms with Crippen LogP contribution in [0.4, 0.5) is 14.0 Å². The van der Waals surface area contributed by atoms with Crippen LogP contribution >= 0.6 is 0 Å². The Bertz CT molecular complexity index is 1090. The highest BCUT2D eigenvalue weighted by Gasteiger charge is 2.37. The Morgan fingerprint density at radius 1 is 1.18 bits per heavy atom. The van der Waals surface area contributed by atoms with Gasteiger partial charge in [-0.15, -0.1) is 0 Å². The van der Waals surface area contributed by atoms with E-state index in [1.54, 1.807) is 30.1 Å². The highest BCUT2D eigenvalue weighted by atomic mass is 19.1. The lowest BCUT2D eigenvalue weighted by Crippen LogP contribution is -2.50. The van der Waals surface area contributed by atoms with Gasteiger partial charge in [0.1, 0.15) is 18.4 Å². The molecule has 0 aliphatic carbocycles. The molecule has 2 N–H and O–H groups in total. The normalized spacial score (nSPS) is 32.4. The first kappa shape index (κ1) is 36.5. The predicted octanol–water partition coefficient (Wildman–Crippen LogP) is 3.85. The number of allylic oxidation sites excluding steroid dienone is 2. The van der Waals surface area contributed by atoms with Gasteiger partial charge in [-0.05, 0) is 58.2 Å². The van der Waals surface area contributed by atoms with E-state index in [2.05, 4.69) is 4.90 Å². The molecule has 3 heterocycles. The van der Waals surface area contributed by atoms with Gasteiger partial charge in [0.25, 0.3) is 0 Å². The number of cyclic esters (lactones) is 1. The summed E-state index contributed by atoms with van der Waals surface area (Å²) in [5, 5.41) is 21.9. The Labute approximate surface area is 266 Å². The highest BCUT2D eigenvalue weighted by molar-refractivity contribution is 5.70. The van der Waals surface area contributed by atoms with Gasteiger partial charge in [-0.3, -0.25) is 4.79 Å². The number of aliphatic hydroxyl groups is 2. The average molecular weight is 638 g/mol. The van der Waals surface area contributed by atoms with Crippen LogP contribution in [-0.2, 0) is 19.0 Å².